The molecule has 6 aromatic rings. The Kier molecular flexibility index (Phi) is 8.53. The number of hydrogen-bond donors (Lipinski definition) is 0. The molecule has 0 aliphatic rings. The Hall–Kier alpha value is -4.76. The van der Waals surface area contributed by atoms with Crippen molar-refractivity contribution in [1.29, 1.82) is 0 Å². The lowest BCUT2D eigenvalue weighted by atomic mass is 9.75. The molecule has 0 N–H and O–H groups in total. The van der Waals surface area contributed by atoms with Crippen LogP contribution in [0.15, 0.2) is 127 Å². The number of rotatable bonds is 7. The van der Waals surface area contributed by atoms with Crippen LogP contribution >= 0.6 is 0 Å². The normalized spacial score (nSPS) is 12.3. The third-order valence-corrected chi connectivity index (χ3v) is 8.88. The quantitative estimate of drug-likeness (QED) is 0.178. The SMILES string of the molecule is CC(C)(C)CC(C)(C)c1nnc(-c2cccc(-c3ccc(C(C)(C)C)cc3)c2)n1-c1ccc(-c2ccccc2)cc1-c1ccccc1. The molecular formula is C44H47N3. The highest BCUT2D eigenvalue weighted by Crippen LogP contribution is 2.41. The first kappa shape index (κ1) is 32.2. The summed E-state index contributed by atoms with van der Waals surface area (Å²) in [6, 6.07) is 45.8. The van der Waals surface area contributed by atoms with E-state index in [9.17, 15) is 0 Å². The Morgan fingerprint density at radius 2 is 1.02 bits per heavy atom. The summed E-state index contributed by atoms with van der Waals surface area (Å²) >= 11 is 0. The summed E-state index contributed by atoms with van der Waals surface area (Å²) in [4.78, 5) is 0. The van der Waals surface area contributed by atoms with Crippen LogP contribution in [0.3, 0.4) is 0 Å². The van der Waals surface area contributed by atoms with E-state index in [0.717, 1.165) is 46.0 Å². The molecule has 0 spiro atoms. The first-order valence-corrected chi connectivity index (χ1v) is 16.7. The average Bonchev–Trinajstić information content (AvgIpc) is 3.50. The summed E-state index contributed by atoms with van der Waals surface area (Å²) in [5, 5.41) is 9.96. The summed E-state index contributed by atoms with van der Waals surface area (Å²) in [5.41, 5.74) is 10.5. The van der Waals surface area contributed by atoms with Crippen LogP contribution in [-0.4, -0.2) is 14.8 Å². The maximum atomic E-state index is 4.99. The van der Waals surface area contributed by atoms with Crippen LogP contribution in [0.1, 0.15) is 73.2 Å². The Bertz CT molecular complexity index is 1970. The molecule has 0 saturated heterocycles. The Morgan fingerprint density at radius 3 is 1.64 bits per heavy atom. The van der Waals surface area contributed by atoms with Gasteiger partial charge in [-0.1, -0.05) is 165 Å². The lowest BCUT2D eigenvalue weighted by Crippen LogP contribution is -2.28. The molecule has 47 heavy (non-hydrogen) atoms. The predicted molar refractivity (Wildman–Crippen MR) is 199 cm³/mol. The van der Waals surface area contributed by atoms with E-state index in [1.165, 1.54) is 22.3 Å². The molecule has 0 amide bonds. The molecule has 0 fully saturated rings. The molecule has 0 aliphatic heterocycles. The van der Waals surface area contributed by atoms with E-state index >= 15 is 0 Å². The lowest BCUT2D eigenvalue weighted by molar-refractivity contribution is 0.272. The van der Waals surface area contributed by atoms with Gasteiger partial charge >= 0.3 is 0 Å². The highest BCUT2D eigenvalue weighted by atomic mass is 15.3. The smallest absolute Gasteiger partial charge is 0.168 e. The van der Waals surface area contributed by atoms with E-state index in [0.29, 0.717) is 0 Å². The van der Waals surface area contributed by atoms with Gasteiger partial charge in [0.15, 0.2) is 5.82 Å². The molecule has 238 valence electrons. The van der Waals surface area contributed by atoms with E-state index in [1.807, 2.05) is 0 Å². The zero-order chi connectivity index (χ0) is 33.4. The summed E-state index contributed by atoms with van der Waals surface area (Å²) in [7, 11) is 0. The minimum atomic E-state index is -0.240. The highest BCUT2D eigenvalue weighted by molar-refractivity contribution is 5.81. The van der Waals surface area contributed by atoms with Crippen molar-refractivity contribution in [2.75, 3.05) is 0 Å². The predicted octanol–water partition coefficient (Wildman–Crippen LogP) is 11.9. The Balaban J connectivity index is 1.57. The van der Waals surface area contributed by atoms with Crippen LogP contribution < -0.4 is 0 Å². The molecule has 0 aliphatic carbocycles. The molecule has 5 aromatic carbocycles. The number of nitrogens with zero attached hydrogens (tertiary/aromatic N) is 3. The summed E-state index contributed by atoms with van der Waals surface area (Å²) in [6.07, 6.45) is 0.959. The highest BCUT2D eigenvalue weighted by Gasteiger charge is 2.34. The molecule has 0 unspecified atom stereocenters. The second-order valence-corrected chi connectivity index (χ2v) is 15.7. The maximum absolute atomic E-state index is 4.99. The van der Waals surface area contributed by atoms with E-state index in [4.69, 9.17) is 10.2 Å². The summed E-state index contributed by atoms with van der Waals surface area (Å²) < 4.78 is 2.32. The van der Waals surface area contributed by atoms with Crippen molar-refractivity contribution >= 4 is 0 Å². The Labute approximate surface area is 281 Å². The minimum absolute atomic E-state index is 0.110. The monoisotopic (exact) mass is 617 g/mol. The summed E-state index contributed by atoms with van der Waals surface area (Å²) in [5.74, 6) is 1.81. The molecular weight excluding hydrogens is 571 g/mol. The van der Waals surface area contributed by atoms with Crippen LogP contribution in [-0.2, 0) is 10.8 Å². The molecule has 0 saturated carbocycles. The third-order valence-electron chi connectivity index (χ3n) is 8.88. The van der Waals surface area contributed by atoms with Gasteiger partial charge in [-0.25, -0.2) is 0 Å². The van der Waals surface area contributed by atoms with Gasteiger partial charge in [0, 0.05) is 16.5 Å². The topological polar surface area (TPSA) is 30.7 Å². The fraction of sp³-hybridized carbons (Fsp3) is 0.273. The molecule has 0 atom stereocenters. The fourth-order valence-corrected chi connectivity index (χ4v) is 6.93. The molecule has 0 radical (unpaired) electrons. The Morgan fingerprint density at radius 1 is 0.489 bits per heavy atom. The van der Waals surface area contributed by atoms with E-state index in [-0.39, 0.29) is 16.2 Å². The molecule has 3 nitrogen and oxygen atoms in total. The standard InChI is InChI=1S/C44H47N3/c1-42(2,3)30-44(7,8)41-46-45-40(36-21-15-20-34(28-36)32-22-25-37(26-23-32)43(4,5)6)47(41)39-27-24-35(31-16-11-9-12-17-31)29-38(39)33-18-13-10-14-19-33/h9-29H,30H2,1-8H3. The van der Waals surface area contributed by atoms with Gasteiger partial charge in [0.05, 0.1) is 5.69 Å². The second-order valence-electron chi connectivity index (χ2n) is 15.7. The molecule has 3 heteroatoms. The largest absolute Gasteiger partial charge is 0.278 e. The molecule has 0 bridgehead atoms. The van der Waals surface area contributed by atoms with Gasteiger partial charge in [-0.2, -0.15) is 0 Å². The van der Waals surface area contributed by atoms with Crippen molar-refractivity contribution in [2.24, 2.45) is 5.41 Å². The zero-order valence-electron chi connectivity index (χ0n) is 29.2. The first-order valence-electron chi connectivity index (χ1n) is 16.7. The van der Waals surface area contributed by atoms with Crippen molar-refractivity contribution in [1.82, 2.24) is 14.8 Å². The van der Waals surface area contributed by atoms with Gasteiger partial charge in [0.1, 0.15) is 5.82 Å². The number of hydrogen-bond acceptors (Lipinski definition) is 2. The van der Waals surface area contributed by atoms with Crippen molar-refractivity contribution in [3.8, 4) is 50.5 Å². The number of aromatic nitrogens is 3. The number of benzene rings is 5. The van der Waals surface area contributed by atoms with Crippen molar-refractivity contribution in [3.63, 3.8) is 0 Å². The average molecular weight is 618 g/mol. The lowest BCUT2D eigenvalue weighted by Gasteiger charge is -2.32. The zero-order valence-corrected chi connectivity index (χ0v) is 29.2. The van der Waals surface area contributed by atoms with Gasteiger partial charge in [-0.15, -0.1) is 10.2 Å². The molecule has 6 rings (SSSR count). The molecule has 1 heterocycles. The third kappa shape index (κ3) is 7.00. The maximum Gasteiger partial charge on any atom is 0.168 e. The van der Waals surface area contributed by atoms with Gasteiger partial charge < -0.3 is 0 Å². The van der Waals surface area contributed by atoms with Gasteiger partial charge in [-0.3, -0.25) is 4.57 Å². The van der Waals surface area contributed by atoms with Crippen LogP contribution in [0.2, 0.25) is 0 Å². The van der Waals surface area contributed by atoms with Gasteiger partial charge in [0.25, 0.3) is 0 Å². The first-order chi connectivity index (χ1) is 22.3. The van der Waals surface area contributed by atoms with Crippen molar-refractivity contribution in [2.45, 2.75) is 72.6 Å². The van der Waals surface area contributed by atoms with Crippen LogP contribution in [0, 0.1) is 5.41 Å². The molecule has 1 aromatic heterocycles. The van der Waals surface area contributed by atoms with Crippen molar-refractivity contribution < 1.29 is 0 Å². The van der Waals surface area contributed by atoms with Crippen LogP contribution in [0.4, 0.5) is 0 Å². The minimum Gasteiger partial charge on any atom is -0.278 e. The van der Waals surface area contributed by atoms with Gasteiger partial charge in [-0.05, 0) is 68.8 Å². The van der Waals surface area contributed by atoms with Crippen molar-refractivity contribution in [3.05, 3.63) is 139 Å². The van der Waals surface area contributed by atoms with E-state index in [2.05, 4.69) is 187 Å². The second kappa shape index (κ2) is 12.4. The summed E-state index contributed by atoms with van der Waals surface area (Å²) in [6.45, 7) is 18.3. The fourth-order valence-electron chi connectivity index (χ4n) is 6.93. The van der Waals surface area contributed by atoms with Crippen LogP contribution in [0.5, 0.6) is 0 Å². The van der Waals surface area contributed by atoms with E-state index in [1.54, 1.807) is 0 Å². The van der Waals surface area contributed by atoms with Gasteiger partial charge in [0.2, 0.25) is 0 Å². The van der Waals surface area contributed by atoms with E-state index < -0.39 is 0 Å². The van der Waals surface area contributed by atoms with Crippen LogP contribution in [0.25, 0.3) is 50.5 Å².